The molecule has 5 rings (SSSR count). The summed E-state index contributed by atoms with van der Waals surface area (Å²) in [7, 11) is 0. The van der Waals surface area contributed by atoms with E-state index in [1.165, 1.54) is 41.6 Å². The van der Waals surface area contributed by atoms with E-state index in [2.05, 4.69) is 59.6 Å². The third-order valence-corrected chi connectivity index (χ3v) is 6.84. The normalized spacial score (nSPS) is 14.9. The van der Waals surface area contributed by atoms with E-state index in [0.717, 1.165) is 40.5 Å². The minimum Gasteiger partial charge on any atom is -0.368 e. The molecule has 28 heavy (non-hydrogen) atoms. The van der Waals surface area contributed by atoms with E-state index < -0.39 is 0 Å². The highest BCUT2D eigenvalue weighted by Crippen LogP contribution is 2.37. The number of anilines is 1. The number of para-hydroxylation sites is 1. The van der Waals surface area contributed by atoms with Gasteiger partial charge in [-0.2, -0.15) is 0 Å². The van der Waals surface area contributed by atoms with Gasteiger partial charge in [0.15, 0.2) is 5.82 Å². The highest BCUT2D eigenvalue weighted by atomic mass is 32.1. The van der Waals surface area contributed by atoms with Gasteiger partial charge in [-0.3, -0.25) is 0 Å². The number of nitrogens with one attached hydrogen (secondary N) is 1. The van der Waals surface area contributed by atoms with Crippen LogP contribution in [0.3, 0.4) is 0 Å². The first kappa shape index (κ1) is 17.6. The monoisotopic (exact) mass is 388 g/mol. The number of aromatic nitrogens is 2. The van der Waals surface area contributed by atoms with Crippen molar-refractivity contribution in [1.82, 2.24) is 14.9 Å². The maximum atomic E-state index is 4.96. The lowest BCUT2D eigenvalue weighted by Crippen LogP contribution is -2.26. The van der Waals surface area contributed by atoms with Gasteiger partial charge in [-0.15, -0.1) is 11.3 Å². The highest BCUT2D eigenvalue weighted by molar-refractivity contribution is 7.22. The fourth-order valence-electron chi connectivity index (χ4n) is 4.04. The van der Waals surface area contributed by atoms with Crippen LogP contribution < -0.4 is 5.32 Å². The van der Waals surface area contributed by atoms with Gasteiger partial charge in [-0.1, -0.05) is 30.3 Å². The van der Waals surface area contributed by atoms with E-state index in [4.69, 9.17) is 9.97 Å². The molecule has 0 amide bonds. The largest absolute Gasteiger partial charge is 0.368 e. The summed E-state index contributed by atoms with van der Waals surface area (Å²) in [5, 5.41) is 5.97. The lowest BCUT2D eigenvalue weighted by molar-refractivity contribution is 0.352. The number of thiophene rings is 1. The smallest absolute Gasteiger partial charge is 0.172 e. The molecule has 0 atom stereocenters. The number of nitrogens with zero attached hydrogens (tertiary/aromatic N) is 3. The summed E-state index contributed by atoms with van der Waals surface area (Å²) in [6.07, 6.45) is 2.65. The predicted octanol–water partition coefficient (Wildman–Crippen LogP) is 5.33. The van der Waals surface area contributed by atoms with Crippen LogP contribution in [0.25, 0.3) is 31.7 Å². The molecule has 0 bridgehead atoms. The van der Waals surface area contributed by atoms with Crippen LogP contribution in [0.1, 0.15) is 18.4 Å². The molecule has 4 aromatic rings. The minimum absolute atomic E-state index is 0.820. The Hall–Kier alpha value is -2.50. The molecule has 3 heterocycles. The molecule has 4 nitrogen and oxygen atoms in total. The summed E-state index contributed by atoms with van der Waals surface area (Å²) in [6, 6.07) is 16.8. The molecule has 1 saturated heterocycles. The molecule has 1 fully saturated rings. The van der Waals surface area contributed by atoms with Gasteiger partial charge in [0.2, 0.25) is 0 Å². The molecule has 0 aliphatic carbocycles. The van der Waals surface area contributed by atoms with Crippen molar-refractivity contribution >= 4 is 38.1 Å². The SMILES string of the molecule is Cc1c(-c2nc(NCCN3CCCC3)c3ccccc3n2)sc2ccccc12. The lowest BCUT2D eigenvalue weighted by atomic mass is 10.1. The molecular formula is C23H24N4S. The number of aryl methyl sites for hydroxylation is 1. The van der Waals surface area contributed by atoms with Crippen LogP contribution in [-0.2, 0) is 0 Å². The topological polar surface area (TPSA) is 41.1 Å². The summed E-state index contributed by atoms with van der Waals surface area (Å²) in [6.45, 7) is 6.59. The number of hydrogen-bond donors (Lipinski definition) is 1. The Bertz CT molecular complexity index is 1130. The van der Waals surface area contributed by atoms with Crippen molar-refractivity contribution in [2.45, 2.75) is 19.8 Å². The molecule has 1 N–H and O–H groups in total. The predicted molar refractivity (Wildman–Crippen MR) is 119 cm³/mol. The second-order valence-electron chi connectivity index (χ2n) is 7.44. The molecule has 2 aromatic heterocycles. The molecule has 1 aliphatic rings. The van der Waals surface area contributed by atoms with Crippen molar-refractivity contribution in [2.75, 3.05) is 31.5 Å². The van der Waals surface area contributed by atoms with E-state index in [1.807, 2.05) is 6.07 Å². The van der Waals surface area contributed by atoms with Gasteiger partial charge >= 0.3 is 0 Å². The molecule has 0 radical (unpaired) electrons. The van der Waals surface area contributed by atoms with Crippen LogP contribution >= 0.6 is 11.3 Å². The summed E-state index contributed by atoms with van der Waals surface area (Å²) in [5.74, 6) is 1.76. The average molecular weight is 389 g/mol. The van der Waals surface area contributed by atoms with E-state index in [9.17, 15) is 0 Å². The fraction of sp³-hybridized carbons (Fsp3) is 0.304. The van der Waals surface area contributed by atoms with Crippen LogP contribution in [0.2, 0.25) is 0 Å². The Kier molecular flexibility index (Phi) is 4.71. The first-order valence-corrected chi connectivity index (χ1v) is 10.8. The molecular weight excluding hydrogens is 364 g/mol. The standard InChI is InChI=1S/C23H24N4S/c1-16-17-8-3-5-11-20(17)28-21(16)23-25-19-10-4-2-9-18(19)22(26-23)24-12-15-27-13-6-7-14-27/h2-5,8-11H,6-7,12-15H2,1H3,(H,24,25,26). The molecule has 1 aliphatic heterocycles. The summed E-state index contributed by atoms with van der Waals surface area (Å²) < 4.78 is 1.29. The molecule has 0 spiro atoms. The third-order valence-electron chi connectivity index (χ3n) is 5.57. The molecule has 2 aromatic carbocycles. The molecule has 0 unspecified atom stereocenters. The molecule has 142 valence electrons. The van der Waals surface area contributed by atoms with Gasteiger partial charge in [-0.05, 0) is 62.0 Å². The first-order valence-electron chi connectivity index (χ1n) is 10.0. The van der Waals surface area contributed by atoms with Crippen LogP contribution in [0.15, 0.2) is 48.5 Å². The average Bonchev–Trinajstić information content (AvgIpc) is 3.36. The Morgan fingerprint density at radius 3 is 2.54 bits per heavy atom. The van der Waals surface area contributed by atoms with E-state index >= 15 is 0 Å². The quantitative estimate of drug-likeness (QED) is 0.502. The Morgan fingerprint density at radius 1 is 0.964 bits per heavy atom. The fourth-order valence-corrected chi connectivity index (χ4v) is 5.18. The van der Waals surface area contributed by atoms with Crippen LogP contribution in [0.4, 0.5) is 5.82 Å². The highest BCUT2D eigenvalue weighted by Gasteiger charge is 2.16. The van der Waals surface area contributed by atoms with Crippen molar-refractivity contribution in [3.63, 3.8) is 0 Å². The number of likely N-dealkylation sites (tertiary alicyclic amines) is 1. The maximum absolute atomic E-state index is 4.96. The van der Waals surface area contributed by atoms with Crippen molar-refractivity contribution in [3.8, 4) is 10.7 Å². The van der Waals surface area contributed by atoms with Crippen molar-refractivity contribution in [1.29, 1.82) is 0 Å². The lowest BCUT2D eigenvalue weighted by Gasteiger charge is -2.16. The van der Waals surface area contributed by atoms with Crippen molar-refractivity contribution in [3.05, 3.63) is 54.1 Å². The number of fused-ring (bicyclic) bond motifs is 2. The van der Waals surface area contributed by atoms with Gasteiger partial charge < -0.3 is 10.2 Å². The summed E-state index contributed by atoms with van der Waals surface area (Å²) in [4.78, 5) is 13.5. The minimum atomic E-state index is 0.820. The summed E-state index contributed by atoms with van der Waals surface area (Å²) >= 11 is 1.78. The van der Waals surface area contributed by atoms with E-state index in [1.54, 1.807) is 11.3 Å². The van der Waals surface area contributed by atoms with Crippen molar-refractivity contribution in [2.24, 2.45) is 0 Å². The number of hydrogen-bond acceptors (Lipinski definition) is 5. The van der Waals surface area contributed by atoms with Gasteiger partial charge in [0.1, 0.15) is 5.82 Å². The Balaban J connectivity index is 1.52. The summed E-state index contributed by atoms with van der Waals surface area (Å²) in [5.41, 5.74) is 2.26. The zero-order valence-electron chi connectivity index (χ0n) is 16.1. The molecule has 5 heteroatoms. The maximum Gasteiger partial charge on any atom is 0.172 e. The van der Waals surface area contributed by atoms with Gasteiger partial charge in [0, 0.05) is 23.2 Å². The first-order chi connectivity index (χ1) is 13.8. The zero-order valence-corrected chi connectivity index (χ0v) is 16.9. The van der Waals surface area contributed by atoms with Crippen LogP contribution in [0, 0.1) is 6.92 Å². The van der Waals surface area contributed by atoms with E-state index in [0.29, 0.717) is 0 Å². The van der Waals surface area contributed by atoms with Gasteiger partial charge in [-0.25, -0.2) is 9.97 Å². The zero-order chi connectivity index (χ0) is 18.9. The van der Waals surface area contributed by atoms with Gasteiger partial charge in [0.25, 0.3) is 0 Å². The van der Waals surface area contributed by atoms with Gasteiger partial charge in [0.05, 0.1) is 10.4 Å². The van der Waals surface area contributed by atoms with Crippen LogP contribution in [-0.4, -0.2) is 41.0 Å². The second-order valence-corrected chi connectivity index (χ2v) is 8.49. The number of benzene rings is 2. The van der Waals surface area contributed by atoms with E-state index in [-0.39, 0.29) is 0 Å². The Morgan fingerprint density at radius 2 is 1.71 bits per heavy atom. The molecule has 0 saturated carbocycles. The van der Waals surface area contributed by atoms with Crippen LogP contribution in [0.5, 0.6) is 0 Å². The third kappa shape index (κ3) is 3.25. The second kappa shape index (κ2) is 7.49. The van der Waals surface area contributed by atoms with Crippen molar-refractivity contribution < 1.29 is 0 Å². The number of rotatable bonds is 5. The Labute approximate surface area is 169 Å².